The SMILES string of the molecule is CNC(=O)C(O)(c1ccc(C)c(-c2cnc(N)c(Cl)n2)c1)C(F)(F)F. The molecule has 0 fully saturated rings. The molecule has 0 bridgehead atoms. The predicted octanol–water partition coefficient (Wildman–Crippen LogP) is 2.18. The molecule has 0 radical (unpaired) electrons. The van der Waals surface area contributed by atoms with E-state index in [1.165, 1.54) is 12.3 Å². The lowest BCUT2D eigenvalue weighted by molar-refractivity contribution is -0.256. The maximum absolute atomic E-state index is 13.4. The second-order valence-electron chi connectivity index (χ2n) is 5.25. The standard InChI is InChI=1S/C15H14ClF3N4O2/c1-7-3-4-8(14(25,13(24)21-2)15(17,18)19)5-9(7)10-6-22-12(20)11(16)23-10/h3-6,25H,1-2H3,(H2,20,22)(H,21,24). The number of aryl methyl sites for hydroxylation is 1. The molecule has 1 amide bonds. The number of nitrogens with one attached hydrogen (secondary N) is 1. The molecule has 6 nitrogen and oxygen atoms in total. The highest BCUT2D eigenvalue weighted by atomic mass is 35.5. The number of nitrogens with two attached hydrogens (primary N) is 1. The highest BCUT2D eigenvalue weighted by Gasteiger charge is 2.60. The van der Waals surface area contributed by atoms with Crippen LogP contribution in [0.3, 0.4) is 0 Å². The van der Waals surface area contributed by atoms with Crippen LogP contribution >= 0.6 is 11.6 Å². The van der Waals surface area contributed by atoms with E-state index in [1.54, 1.807) is 6.92 Å². The molecule has 25 heavy (non-hydrogen) atoms. The van der Waals surface area contributed by atoms with E-state index in [1.807, 2.05) is 5.32 Å². The topological polar surface area (TPSA) is 101 Å². The molecule has 0 spiro atoms. The zero-order chi connectivity index (χ0) is 19.0. The number of aromatic nitrogens is 2. The number of nitrogen functional groups attached to an aromatic ring is 1. The largest absolute Gasteiger partial charge is 0.430 e. The van der Waals surface area contributed by atoms with Crippen molar-refractivity contribution in [2.24, 2.45) is 0 Å². The Morgan fingerprint density at radius 1 is 1.36 bits per heavy atom. The predicted molar refractivity (Wildman–Crippen MR) is 85.6 cm³/mol. The molecule has 1 aromatic heterocycles. The van der Waals surface area contributed by atoms with Gasteiger partial charge in [0.05, 0.1) is 11.9 Å². The van der Waals surface area contributed by atoms with Crippen LogP contribution in [0.1, 0.15) is 11.1 Å². The van der Waals surface area contributed by atoms with Crippen molar-refractivity contribution in [3.05, 3.63) is 40.7 Å². The molecular formula is C15H14ClF3N4O2. The van der Waals surface area contributed by atoms with E-state index >= 15 is 0 Å². The smallest absolute Gasteiger partial charge is 0.381 e. The third-order valence-electron chi connectivity index (χ3n) is 3.65. The highest BCUT2D eigenvalue weighted by molar-refractivity contribution is 6.31. The number of anilines is 1. The Kier molecular flexibility index (Phi) is 4.92. The lowest BCUT2D eigenvalue weighted by Gasteiger charge is -2.29. The first kappa shape index (κ1) is 18.9. The molecule has 4 N–H and O–H groups in total. The minimum Gasteiger partial charge on any atom is -0.381 e. The van der Waals surface area contributed by atoms with Crippen molar-refractivity contribution in [2.45, 2.75) is 18.7 Å². The molecule has 0 aliphatic rings. The van der Waals surface area contributed by atoms with Gasteiger partial charge in [-0.15, -0.1) is 0 Å². The van der Waals surface area contributed by atoms with Crippen molar-refractivity contribution >= 4 is 23.3 Å². The number of hydrogen-bond acceptors (Lipinski definition) is 5. The van der Waals surface area contributed by atoms with Gasteiger partial charge in [-0.2, -0.15) is 13.2 Å². The van der Waals surface area contributed by atoms with Crippen molar-refractivity contribution in [2.75, 3.05) is 12.8 Å². The third kappa shape index (κ3) is 3.24. The van der Waals surface area contributed by atoms with Crippen molar-refractivity contribution in [3.63, 3.8) is 0 Å². The summed E-state index contributed by atoms with van der Waals surface area (Å²) in [5, 5.41) is 11.8. The molecule has 1 unspecified atom stereocenters. The van der Waals surface area contributed by atoms with E-state index in [2.05, 4.69) is 9.97 Å². The number of amides is 1. The van der Waals surface area contributed by atoms with Crippen LogP contribution in [0.25, 0.3) is 11.3 Å². The number of likely N-dealkylation sites (N-methyl/N-ethyl adjacent to an activating group) is 1. The molecular weight excluding hydrogens is 361 g/mol. The van der Waals surface area contributed by atoms with Gasteiger partial charge in [0.2, 0.25) is 0 Å². The second-order valence-corrected chi connectivity index (χ2v) is 5.61. The van der Waals surface area contributed by atoms with Crippen molar-refractivity contribution < 1.29 is 23.1 Å². The minimum atomic E-state index is -5.23. The lowest BCUT2D eigenvalue weighted by atomic mass is 9.89. The van der Waals surface area contributed by atoms with Gasteiger partial charge in [-0.25, -0.2) is 9.97 Å². The molecule has 1 heterocycles. The molecule has 134 valence electrons. The van der Waals surface area contributed by atoms with Gasteiger partial charge in [0.25, 0.3) is 11.5 Å². The number of rotatable bonds is 3. The Hall–Kier alpha value is -2.39. The van der Waals surface area contributed by atoms with Crippen LogP contribution in [0.15, 0.2) is 24.4 Å². The number of benzene rings is 1. The molecule has 10 heteroatoms. The molecule has 0 saturated heterocycles. The van der Waals surface area contributed by atoms with Crippen LogP contribution in [0.4, 0.5) is 19.0 Å². The molecule has 2 rings (SSSR count). The summed E-state index contributed by atoms with van der Waals surface area (Å²) in [5.41, 5.74) is 2.02. The summed E-state index contributed by atoms with van der Waals surface area (Å²) in [6.45, 7) is 1.62. The van der Waals surface area contributed by atoms with Gasteiger partial charge in [0, 0.05) is 18.2 Å². The van der Waals surface area contributed by atoms with Crippen LogP contribution in [0, 0.1) is 6.92 Å². The highest BCUT2D eigenvalue weighted by Crippen LogP contribution is 2.40. The summed E-state index contributed by atoms with van der Waals surface area (Å²) in [4.78, 5) is 19.5. The number of halogens is 4. The van der Waals surface area contributed by atoms with E-state index in [-0.39, 0.29) is 22.2 Å². The normalized spacial score (nSPS) is 14.0. The zero-order valence-electron chi connectivity index (χ0n) is 13.1. The Labute approximate surface area is 145 Å². The van der Waals surface area contributed by atoms with Gasteiger partial charge in [-0.1, -0.05) is 23.7 Å². The molecule has 0 aliphatic carbocycles. The van der Waals surface area contributed by atoms with E-state index in [0.29, 0.717) is 5.56 Å². The summed E-state index contributed by atoms with van der Waals surface area (Å²) < 4.78 is 40.2. The fourth-order valence-electron chi connectivity index (χ4n) is 2.23. The molecule has 0 aliphatic heterocycles. The maximum atomic E-state index is 13.4. The number of carbonyl (C=O) groups excluding carboxylic acids is 1. The average Bonchev–Trinajstić information content (AvgIpc) is 2.55. The molecule has 2 aromatic rings. The number of aliphatic hydroxyl groups is 1. The van der Waals surface area contributed by atoms with Gasteiger partial charge in [0.1, 0.15) is 0 Å². The molecule has 1 aromatic carbocycles. The van der Waals surface area contributed by atoms with Gasteiger partial charge in [-0.05, 0) is 18.6 Å². The Bertz CT molecular complexity index is 829. The van der Waals surface area contributed by atoms with Crippen molar-refractivity contribution in [1.82, 2.24) is 15.3 Å². The van der Waals surface area contributed by atoms with Crippen molar-refractivity contribution in [1.29, 1.82) is 0 Å². The summed E-state index contributed by atoms with van der Waals surface area (Å²) in [7, 11) is 0.999. The average molecular weight is 375 g/mol. The fraction of sp³-hybridized carbons (Fsp3) is 0.267. The summed E-state index contributed by atoms with van der Waals surface area (Å²) in [5.74, 6) is -1.63. The number of alkyl halides is 3. The second kappa shape index (κ2) is 6.49. The van der Waals surface area contributed by atoms with Gasteiger partial charge < -0.3 is 16.2 Å². The number of hydrogen-bond donors (Lipinski definition) is 3. The summed E-state index contributed by atoms with van der Waals surface area (Å²) >= 11 is 5.80. The monoisotopic (exact) mass is 374 g/mol. The van der Waals surface area contributed by atoms with Crippen LogP contribution in [-0.2, 0) is 10.4 Å². The summed E-state index contributed by atoms with van der Waals surface area (Å²) in [6, 6.07) is 3.37. The Morgan fingerprint density at radius 2 is 2.00 bits per heavy atom. The van der Waals surface area contributed by atoms with Gasteiger partial charge >= 0.3 is 6.18 Å². The number of carbonyl (C=O) groups is 1. The van der Waals surface area contributed by atoms with Crippen LogP contribution in [0.2, 0.25) is 5.15 Å². The zero-order valence-corrected chi connectivity index (χ0v) is 13.9. The first-order valence-corrected chi connectivity index (χ1v) is 7.31. The summed E-state index contributed by atoms with van der Waals surface area (Å²) in [6.07, 6.45) is -4.00. The molecule has 1 atom stereocenters. The Morgan fingerprint density at radius 3 is 2.52 bits per heavy atom. The maximum Gasteiger partial charge on any atom is 0.430 e. The number of nitrogens with zero attached hydrogens (tertiary/aromatic N) is 2. The van der Waals surface area contributed by atoms with Crippen molar-refractivity contribution in [3.8, 4) is 11.3 Å². The first-order chi connectivity index (χ1) is 11.5. The Balaban J connectivity index is 2.68. The fourth-order valence-corrected chi connectivity index (χ4v) is 2.37. The van der Waals surface area contributed by atoms with Crippen LogP contribution in [0.5, 0.6) is 0 Å². The third-order valence-corrected chi connectivity index (χ3v) is 3.93. The van der Waals surface area contributed by atoms with E-state index in [4.69, 9.17) is 17.3 Å². The lowest BCUT2D eigenvalue weighted by Crippen LogP contribution is -2.53. The molecule has 0 saturated carbocycles. The minimum absolute atomic E-state index is 0.0311. The van der Waals surface area contributed by atoms with Gasteiger partial charge in [0.15, 0.2) is 11.0 Å². The van der Waals surface area contributed by atoms with Gasteiger partial charge in [-0.3, -0.25) is 4.79 Å². The quantitative estimate of drug-likeness (QED) is 0.764. The van der Waals surface area contributed by atoms with E-state index in [0.717, 1.165) is 19.2 Å². The van der Waals surface area contributed by atoms with Crippen LogP contribution in [-0.4, -0.2) is 34.2 Å². The van der Waals surface area contributed by atoms with E-state index in [9.17, 15) is 23.1 Å². The van der Waals surface area contributed by atoms with Crippen LogP contribution < -0.4 is 11.1 Å². The first-order valence-electron chi connectivity index (χ1n) is 6.93. The van der Waals surface area contributed by atoms with E-state index < -0.39 is 23.2 Å².